The minimum absolute atomic E-state index is 0. The lowest BCUT2D eigenvalue weighted by Gasteiger charge is -2.32. The van der Waals surface area contributed by atoms with Crippen molar-refractivity contribution in [3.8, 4) is 11.5 Å². The summed E-state index contributed by atoms with van der Waals surface area (Å²) in [6, 6.07) is 2.89. The fourth-order valence-corrected chi connectivity index (χ4v) is 4.36. The largest absolute Gasteiger partial charge is 0.493 e. The number of likely N-dealkylation sites (N-methyl/N-ethyl adjacent to an activating group) is 1. The number of carbonyl (C=O) groups excluding carboxylic acids is 2. The first kappa shape index (κ1) is 27.4. The number of halogens is 1. The van der Waals surface area contributed by atoms with E-state index < -0.39 is 12.1 Å². The van der Waals surface area contributed by atoms with E-state index in [1.54, 1.807) is 37.8 Å². The van der Waals surface area contributed by atoms with Gasteiger partial charge in [0, 0.05) is 12.6 Å². The van der Waals surface area contributed by atoms with Crippen LogP contribution < -0.4 is 20.5 Å². The van der Waals surface area contributed by atoms with Gasteiger partial charge in [0.25, 0.3) is 0 Å². The molecule has 0 fully saturated rings. The molecule has 0 saturated carbocycles. The van der Waals surface area contributed by atoms with Crippen molar-refractivity contribution in [2.45, 2.75) is 57.7 Å². The molecule has 0 aliphatic heterocycles. The van der Waals surface area contributed by atoms with Crippen molar-refractivity contribution in [2.24, 2.45) is 5.73 Å². The van der Waals surface area contributed by atoms with Gasteiger partial charge in [-0.1, -0.05) is 0 Å². The molecule has 176 valence electrons. The van der Waals surface area contributed by atoms with E-state index in [-0.39, 0.29) is 30.3 Å². The zero-order chi connectivity index (χ0) is 22.3. The highest BCUT2D eigenvalue weighted by molar-refractivity contribution is 7.98. The molecule has 1 aliphatic carbocycles. The van der Waals surface area contributed by atoms with E-state index in [4.69, 9.17) is 15.2 Å². The van der Waals surface area contributed by atoms with E-state index in [1.807, 2.05) is 25.3 Å². The second-order valence-corrected chi connectivity index (χ2v) is 8.60. The van der Waals surface area contributed by atoms with Gasteiger partial charge < -0.3 is 25.4 Å². The SMILES string of the molecule is CCN(C(=O)[C@@H](N)CCSC)[C@@H](C)C(=O)NC1CCc2cc(OC)c(OC)cc2C1.Cl. The van der Waals surface area contributed by atoms with Gasteiger partial charge in [0.05, 0.1) is 20.3 Å². The van der Waals surface area contributed by atoms with E-state index in [0.29, 0.717) is 18.7 Å². The number of benzene rings is 1. The number of aryl methyl sites for hydroxylation is 1. The maximum absolute atomic E-state index is 12.9. The molecule has 3 N–H and O–H groups in total. The highest BCUT2D eigenvalue weighted by Gasteiger charge is 2.30. The monoisotopic (exact) mass is 473 g/mol. The molecule has 0 spiro atoms. The molecule has 2 amide bonds. The number of fused-ring (bicyclic) bond motifs is 1. The van der Waals surface area contributed by atoms with E-state index >= 15 is 0 Å². The quantitative estimate of drug-likeness (QED) is 0.542. The van der Waals surface area contributed by atoms with E-state index in [0.717, 1.165) is 36.3 Å². The minimum atomic E-state index is -0.573. The molecule has 0 saturated heterocycles. The normalized spacial score (nSPS) is 16.9. The number of rotatable bonds is 10. The lowest BCUT2D eigenvalue weighted by atomic mass is 9.87. The fourth-order valence-electron chi connectivity index (χ4n) is 3.87. The second kappa shape index (κ2) is 13.0. The van der Waals surface area contributed by atoms with Crippen LogP contribution in [0.3, 0.4) is 0 Å². The highest BCUT2D eigenvalue weighted by atomic mass is 35.5. The Kier molecular flexibility index (Phi) is 11.5. The zero-order valence-electron chi connectivity index (χ0n) is 19.1. The number of ether oxygens (including phenoxy) is 2. The summed E-state index contributed by atoms with van der Waals surface area (Å²) in [7, 11) is 3.25. The van der Waals surface area contributed by atoms with E-state index in [2.05, 4.69) is 5.32 Å². The number of nitrogens with one attached hydrogen (secondary N) is 1. The smallest absolute Gasteiger partial charge is 0.242 e. The first-order valence-corrected chi connectivity index (χ1v) is 11.8. The van der Waals surface area contributed by atoms with Gasteiger partial charge in [-0.2, -0.15) is 11.8 Å². The summed E-state index contributed by atoms with van der Waals surface area (Å²) in [5.41, 5.74) is 8.42. The van der Waals surface area contributed by atoms with Crippen molar-refractivity contribution in [3.05, 3.63) is 23.3 Å². The summed E-state index contributed by atoms with van der Waals surface area (Å²) < 4.78 is 10.8. The summed E-state index contributed by atoms with van der Waals surface area (Å²) >= 11 is 1.66. The molecule has 9 heteroatoms. The van der Waals surface area contributed by atoms with Gasteiger partial charge in [0.2, 0.25) is 11.8 Å². The van der Waals surface area contributed by atoms with Gasteiger partial charge in [-0.3, -0.25) is 9.59 Å². The first-order valence-electron chi connectivity index (χ1n) is 10.4. The number of nitrogens with zero attached hydrogens (tertiary/aromatic N) is 1. The van der Waals surface area contributed by atoms with Crippen LogP contribution in [0.2, 0.25) is 0 Å². The predicted molar refractivity (Wildman–Crippen MR) is 129 cm³/mol. The number of hydrogen-bond donors (Lipinski definition) is 2. The van der Waals surface area contributed by atoms with Crippen LogP contribution in [-0.4, -0.2) is 67.6 Å². The highest BCUT2D eigenvalue weighted by Crippen LogP contribution is 2.34. The first-order chi connectivity index (χ1) is 14.4. The third-order valence-electron chi connectivity index (χ3n) is 5.70. The number of thioether (sulfide) groups is 1. The van der Waals surface area contributed by atoms with Gasteiger partial charge in [-0.25, -0.2) is 0 Å². The maximum atomic E-state index is 12.9. The molecule has 2 rings (SSSR count). The molecule has 0 aromatic heterocycles. The summed E-state index contributed by atoms with van der Waals surface area (Å²) in [6.07, 6.45) is 5.01. The van der Waals surface area contributed by atoms with Gasteiger partial charge in [0.1, 0.15) is 6.04 Å². The average molecular weight is 474 g/mol. The Morgan fingerprint density at radius 2 is 1.87 bits per heavy atom. The number of nitrogens with two attached hydrogens (primary N) is 1. The Bertz CT molecular complexity index is 750. The molecule has 1 aromatic carbocycles. The lowest BCUT2D eigenvalue weighted by Crippen LogP contribution is -2.54. The molecule has 31 heavy (non-hydrogen) atoms. The van der Waals surface area contributed by atoms with Crippen LogP contribution >= 0.6 is 24.2 Å². The fraction of sp³-hybridized carbons (Fsp3) is 0.636. The summed E-state index contributed by atoms with van der Waals surface area (Å²) in [5, 5.41) is 3.13. The molecule has 1 aromatic rings. The van der Waals surface area contributed by atoms with Crippen molar-refractivity contribution in [2.75, 3.05) is 32.8 Å². The number of methoxy groups -OCH3 is 2. The summed E-state index contributed by atoms with van der Waals surface area (Å²) in [5.74, 6) is 1.93. The third kappa shape index (κ3) is 6.92. The molecule has 0 heterocycles. The molecule has 1 aliphatic rings. The predicted octanol–water partition coefficient (Wildman–Crippen LogP) is 2.42. The van der Waals surface area contributed by atoms with Crippen LogP contribution in [0.15, 0.2) is 12.1 Å². The third-order valence-corrected chi connectivity index (χ3v) is 6.35. The topological polar surface area (TPSA) is 93.9 Å². The number of carbonyl (C=O) groups is 2. The minimum Gasteiger partial charge on any atom is -0.493 e. The standard InChI is InChI=1S/C22H35N3O4S.ClH/c1-6-25(22(27)18(23)9-10-30-5)14(2)21(26)24-17-8-7-15-12-19(28-3)20(29-4)13-16(15)11-17;/h12-14,17-18H,6-11,23H2,1-5H3,(H,24,26);1H/t14-,17?,18-;/m0./s1. The van der Waals surface area contributed by atoms with Crippen molar-refractivity contribution in [3.63, 3.8) is 0 Å². The Hall–Kier alpha value is -1.64. The Labute approximate surface area is 196 Å². The zero-order valence-corrected chi connectivity index (χ0v) is 20.7. The lowest BCUT2D eigenvalue weighted by molar-refractivity contribution is -0.141. The molecule has 1 unspecified atom stereocenters. The van der Waals surface area contributed by atoms with Gasteiger partial charge in [-0.05, 0) is 74.8 Å². The van der Waals surface area contributed by atoms with Crippen molar-refractivity contribution >= 4 is 36.0 Å². The summed E-state index contributed by atoms with van der Waals surface area (Å²) in [6.45, 7) is 4.09. The molecule has 0 bridgehead atoms. The van der Waals surface area contributed by atoms with Crippen molar-refractivity contribution < 1.29 is 19.1 Å². The van der Waals surface area contributed by atoms with Crippen LogP contribution in [-0.2, 0) is 22.4 Å². The maximum Gasteiger partial charge on any atom is 0.242 e. The van der Waals surface area contributed by atoms with Crippen LogP contribution in [0.5, 0.6) is 11.5 Å². The summed E-state index contributed by atoms with van der Waals surface area (Å²) in [4.78, 5) is 27.2. The van der Waals surface area contributed by atoms with Gasteiger partial charge in [0.15, 0.2) is 11.5 Å². The number of amides is 2. The Balaban J connectivity index is 0.00000480. The molecular formula is C22H36ClN3O4S. The van der Waals surface area contributed by atoms with Gasteiger partial charge >= 0.3 is 0 Å². The molecule has 3 atom stereocenters. The van der Waals surface area contributed by atoms with Crippen LogP contribution in [0.1, 0.15) is 37.8 Å². The second-order valence-electron chi connectivity index (χ2n) is 7.61. The average Bonchev–Trinajstić information content (AvgIpc) is 2.76. The molecule has 0 radical (unpaired) electrons. The van der Waals surface area contributed by atoms with E-state index in [9.17, 15) is 9.59 Å². The molecular weight excluding hydrogens is 438 g/mol. The Morgan fingerprint density at radius 3 is 2.42 bits per heavy atom. The molecule has 7 nitrogen and oxygen atoms in total. The Morgan fingerprint density at radius 1 is 1.26 bits per heavy atom. The van der Waals surface area contributed by atoms with Gasteiger partial charge in [-0.15, -0.1) is 12.4 Å². The van der Waals surface area contributed by atoms with Crippen LogP contribution in [0.4, 0.5) is 0 Å². The van der Waals surface area contributed by atoms with Crippen molar-refractivity contribution in [1.29, 1.82) is 0 Å². The van der Waals surface area contributed by atoms with E-state index in [1.165, 1.54) is 5.56 Å². The van der Waals surface area contributed by atoms with Crippen molar-refractivity contribution in [1.82, 2.24) is 10.2 Å². The number of hydrogen-bond acceptors (Lipinski definition) is 6. The van der Waals surface area contributed by atoms with Crippen LogP contribution in [0, 0.1) is 0 Å². The van der Waals surface area contributed by atoms with Crippen LogP contribution in [0.25, 0.3) is 0 Å².